The molecule has 1 aliphatic carbocycles. The highest BCUT2D eigenvalue weighted by atomic mass is 79.9. The molecule has 2 nitrogen and oxygen atoms in total. The molecule has 1 saturated carbocycles. The van der Waals surface area contributed by atoms with E-state index in [4.69, 9.17) is 4.74 Å². The summed E-state index contributed by atoms with van der Waals surface area (Å²) in [6.45, 7) is 1.82. The minimum atomic E-state index is 0.625. The molecule has 1 heterocycles. The van der Waals surface area contributed by atoms with Crippen LogP contribution in [0, 0.1) is 5.92 Å². The number of nitrogens with one attached hydrogen (secondary N) is 1. The molecule has 2 fully saturated rings. The third-order valence-electron chi connectivity index (χ3n) is 3.91. The van der Waals surface area contributed by atoms with E-state index < -0.39 is 0 Å². The minimum absolute atomic E-state index is 0.625. The van der Waals surface area contributed by atoms with Gasteiger partial charge in [-0.25, -0.2) is 0 Å². The molecule has 2 atom stereocenters. The van der Waals surface area contributed by atoms with Gasteiger partial charge in [-0.2, -0.15) is 0 Å². The molecular weight excluding hydrogens is 290 g/mol. The van der Waals surface area contributed by atoms with Crippen LogP contribution in [0.4, 0.5) is 0 Å². The standard InChI is InChI=1S/C15H20BrNO/c16-13-3-1-11(2-4-13)9-12-10-18-8-7-15(12)17-14-5-6-14/h1-4,12,14-15,17H,5-10H2/t12-,15+/m0/s1. The van der Waals surface area contributed by atoms with Gasteiger partial charge < -0.3 is 10.1 Å². The highest BCUT2D eigenvalue weighted by Gasteiger charge is 2.31. The van der Waals surface area contributed by atoms with Gasteiger partial charge >= 0.3 is 0 Å². The number of benzene rings is 1. The fourth-order valence-electron chi connectivity index (χ4n) is 2.69. The maximum Gasteiger partial charge on any atom is 0.0512 e. The third-order valence-corrected chi connectivity index (χ3v) is 4.44. The van der Waals surface area contributed by atoms with Crippen molar-refractivity contribution >= 4 is 15.9 Å². The van der Waals surface area contributed by atoms with Crippen LogP contribution in [-0.4, -0.2) is 25.3 Å². The van der Waals surface area contributed by atoms with E-state index in [1.807, 2.05) is 0 Å². The van der Waals surface area contributed by atoms with E-state index in [9.17, 15) is 0 Å². The normalized spacial score (nSPS) is 28.3. The van der Waals surface area contributed by atoms with Crippen LogP contribution in [0.15, 0.2) is 28.7 Å². The Morgan fingerprint density at radius 1 is 1.17 bits per heavy atom. The van der Waals surface area contributed by atoms with E-state index in [0.717, 1.165) is 36.6 Å². The van der Waals surface area contributed by atoms with Crippen LogP contribution < -0.4 is 5.32 Å². The van der Waals surface area contributed by atoms with Gasteiger partial charge in [0, 0.05) is 29.1 Å². The van der Waals surface area contributed by atoms with Gasteiger partial charge in [-0.1, -0.05) is 28.1 Å². The Balaban J connectivity index is 1.62. The van der Waals surface area contributed by atoms with Crippen LogP contribution in [0.2, 0.25) is 0 Å². The van der Waals surface area contributed by atoms with Crippen molar-refractivity contribution in [2.24, 2.45) is 5.92 Å². The van der Waals surface area contributed by atoms with Crippen molar-refractivity contribution in [2.45, 2.75) is 37.8 Å². The minimum Gasteiger partial charge on any atom is -0.381 e. The van der Waals surface area contributed by atoms with Crippen LogP contribution in [0.5, 0.6) is 0 Å². The molecular formula is C15H20BrNO. The van der Waals surface area contributed by atoms with Crippen molar-refractivity contribution in [3.63, 3.8) is 0 Å². The highest BCUT2D eigenvalue weighted by Crippen LogP contribution is 2.26. The maximum atomic E-state index is 5.66. The second-order valence-corrected chi connectivity index (χ2v) is 6.42. The molecule has 98 valence electrons. The van der Waals surface area contributed by atoms with Gasteiger partial charge in [-0.3, -0.25) is 0 Å². The first-order valence-electron chi connectivity index (χ1n) is 6.89. The smallest absolute Gasteiger partial charge is 0.0512 e. The van der Waals surface area contributed by atoms with E-state index >= 15 is 0 Å². The first-order valence-corrected chi connectivity index (χ1v) is 7.69. The molecule has 0 radical (unpaired) electrons. The molecule has 18 heavy (non-hydrogen) atoms. The zero-order chi connectivity index (χ0) is 12.4. The van der Waals surface area contributed by atoms with E-state index in [-0.39, 0.29) is 0 Å². The van der Waals surface area contributed by atoms with Gasteiger partial charge in [0.2, 0.25) is 0 Å². The van der Waals surface area contributed by atoms with Gasteiger partial charge in [0.1, 0.15) is 0 Å². The first-order chi connectivity index (χ1) is 8.81. The predicted molar refractivity (Wildman–Crippen MR) is 76.7 cm³/mol. The summed E-state index contributed by atoms with van der Waals surface area (Å²) >= 11 is 3.49. The zero-order valence-corrected chi connectivity index (χ0v) is 12.2. The molecule has 1 saturated heterocycles. The van der Waals surface area contributed by atoms with Gasteiger partial charge in [0.05, 0.1) is 6.61 Å². The lowest BCUT2D eigenvalue weighted by Gasteiger charge is -2.32. The molecule has 0 spiro atoms. The fourth-order valence-corrected chi connectivity index (χ4v) is 2.96. The molecule has 1 aliphatic heterocycles. The van der Waals surface area contributed by atoms with Crippen molar-refractivity contribution in [3.05, 3.63) is 34.3 Å². The van der Waals surface area contributed by atoms with Crippen molar-refractivity contribution in [3.8, 4) is 0 Å². The molecule has 1 aromatic carbocycles. The van der Waals surface area contributed by atoms with Crippen molar-refractivity contribution in [1.82, 2.24) is 5.32 Å². The summed E-state index contributed by atoms with van der Waals surface area (Å²) < 4.78 is 6.81. The van der Waals surface area contributed by atoms with E-state index in [0.29, 0.717) is 12.0 Å². The summed E-state index contributed by atoms with van der Waals surface area (Å²) in [5.74, 6) is 0.625. The predicted octanol–water partition coefficient (Wildman–Crippen LogP) is 3.15. The summed E-state index contributed by atoms with van der Waals surface area (Å²) in [5.41, 5.74) is 1.41. The van der Waals surface area contributed by atoms with E-state index in [1.54, 1.807) is 0 Å². The van der Waals surface area contributed by atoms with Gasteiger partial charge in [0.25, 0.3) is 0 Å². The largest absolute Gasteiger partial charge is 0.381 e. The Kier molecular flexibility index (Phi) is 4.02. The SMILES string of the molecule is Brc1ccc(C[C@H]2COCC[C@H]2NC2CC2)cc1. The van der Waals surface area contributed by atoms with Crippen molar-refractivity contribution in [2.75, 3.05) is 13.2 Å². The quantitative estimate of drug-likeness (QED) is 0.922. The highest BCUT2D eigenvalue weighted by molar-refractivity contribution is 9.10. The zero-order valence-electron chi connectivity index (χ0n) is 10.6. The second kappa shape index (κ2) is 5.72. The third kappa shape index (κ3) is 3.34. The first kappa shape index (κ1) is 12.6. The van der Waals surface area contributed by atoms with Gasteiger partial charge in [-0.15, -0.1) is 0 Å². The summed E-state index contributed by atoms with van der Waals surface area (Å²) in [6.07, 6.45) is 5.01. The summed E-state index contributed by atoms with van der Waals surface area (Å²) in [4.78, 5) is 0. The molecule has 1 N–H and O–H groups in total. The number of rotatable bonds is 4. The Labute approximate surface area is 117 Å². The average molecular weight is 310 g/mol. The Morgan fingerprint density at radius 2 is 1.94 bits per heavy atom. The maximum absolute atomic E-state index is 5.66. The van der Waals surface area contributed by atoms with Crippen LogP contribution in [0.1, 0.15) is 24.8 Å². The lowest BCUT2D eigenvalue weighted by atomic mass is 9.89. The van der Waals surface area contributed by atoms with Crippen LogP contribution in [-0.2, 0) is 11.2 Å². The number of hydrogen-bond donors (Lipinski definition) is 1. The average Bonchev–Trinajstić information content (AvgIpc) is 3.18. The Morgan fingerprint density at radius 3 is 2.67 bits per heavy atom. The van der Waals surface area contributed by atoms with Gasteiger partial charge in [-0.05, 0) is 43.4 Å². The van der Waals surface area contributed by atoms with Crippen LogP contribution >= 0.6 is 15.9 Å². The number of ether oxygens (including phenoxy) is 1. The number of hydrogen-bond acceptors (Lipinski definition) is 2. The Bertz CT molecular complexity index is 388. The summed E-state index contributed by atoms with van der Waals surface area (Å²) in [5, 5.41) is 3.79. The molecule has 1 aromatic rings. The number of halogens is 1. The monoisotopic (exact) mass is 309 g/mol. The summed E-state index contributed by atoms with van der Waals surface area (Å²) in [6, 6.07) is 10.1. The van der Waals surface area contributed by atoms with Crippen LogP contribution in [0.25, 0.3) is 0 Å². The summed E-state index contributed by atoms with van der Waals surface area (Å²) in [7, 11) is 0. The molecule has 0 unspecified atom stereocenters. The molecule has 0 aromatic heterocycles. The van der Waals surface area contributed by atoms with Crippen molar-refractivity contribution < 1.29 is 4.74 Å². The fraction of sp³-hybridized carbons (Fsp3) is 0.600. The lowest BCUT2D eigenvalue weighted by Crippen LogP contribution is -2.44. The molecule has 0 bridgehead atoms. The van der Waals surface area contributed by atoms with E-state index in [2.05, 4.69) is 45.5 Å². The lowest BCUT2D eigenvalue weighted by molar-refractivity contribution is 0.0316. The molecule has 2 aliphatic rings. The van der Waals surface area contributed by atoms with Gasteiger partial charge in [0.15, 0.2) is 0 Å². The topological polar surface area (TPSA) is 21.3 Å². The molecule has 0 amide bonds. The van der Waals surface area contributed by atoms with Crippen LogP contribution in [0.3, 0.4) is 0 Å². The van der Waals surface area contributed by atoms with Crippen molar-refractivity contribution in [1.29, 1.82) is 0 Å². The Hall–Kier alpha value is -0.380. The molecule has 3 heteroatoms. The van der Waals surface area contributed by atoms with E-state index in [1.165, 1.54) is 18.4 Å². The second-order valence-electron chi connectivity index (χ2n) is 5.50. The molecule has 3 rings (SSSR count).